The summed E-state index contributed by atoms with van der Waals surface area (Å²) < 4.78 is 0. The Hall–Kier alpha value is -2.62. The van der Waals surface area contributed by atoms with E-state index in [1.54, 1.807) is 6.07 Å². The van der Waals surface area contributed by atoms with Crippen molar-refractivity contribution in [3.63, 3.8) is 0 Å². The topological polar surface area (TPSA) is 65.7 Å². The summed E-state index contributed by atoms with van der Waals surface area (Å²) in [6.07, 6.45) is 0. The number of aromatic amines is 2. The van der Waals surface area contributed by atoms with E-state index in [0.29, 0.717) is 10.9 Å². The molecule has 0 aliphatic rings. The molecule has 1 aromatic heterocycles. The van der Waals surface area contributed by atoms with E-state index in [9.17, 15) is 9.59 Å². The van der Waals surface area contributed by atoms with Gasteiger partial charge in [0.25, 0.3) is 5.56 Å². The first kappa shape index (κ1) is 10.5. The predicted molar refractivity (Wildman–Crippen MR) is 70.6 cm³/mol. The predicted octanol–water partition coefficient (Wildman–Crippen LogP) is 1.88. The third-order valence-electron chi connectivity index (χ3n) is 2.85. The van der Waals surface area contributed by atoms with Crippen LogP contribution < -0.4 is 11.2 Å². The van der Waals surface area contributed by atoms with Crippen molar-refractivity contribution in [1.82, 2.24) is 9.97 Å². The van der Waals surface area contributed by atoms with Crippen LogP contribution in [0.4, 0.5) is 0 Å². The lowest BCUT2D eigenvalue weighted by Gasteiger charge is -2.05. The van der Waals surface area contributed by atoms with Crippen LogP contribution in [0, 0.1) is 0 Å². The van der Waals surface area contributed by atoms with Gasteiger partial charge in [-0.2, -0.15) is 0 Å². The average molecular weight is 238 g/mol. The number of hydrogen-bond acceptors (Lipinski definition) is 2. The largest absolute Gasteiger partial charge is 0.326 e. The molecule has 0 saturated carbocycles. The van der Waals surface area contributed by atoms with Gasteiger partial charge in [-0.1, -0.05) is 42.5 Å². The second-order valence-electron chi connectivity index (χ2n) is 4.00. The molecule has 0 saturated heterocycles. The minimum atomic E-state index is -0.488. The van der Waals surface area contributed by atoms with Gasteiger partial charge in [0.15, 0.2) is 0 Å². The summed E-state index contributed by atoms with van der Waals surface area (Å²) in [6.45, 7) is 0. The molecule has 3 rings (SSSR count). The molecule has 1 heterocycles. The number of benzene rings is 2. The van der Waals surface area contributed by atoms with Gasteiger partial charge in [0, 0.05) is 0 Å². The van der Waals surface area contributed by atoms with Crippen molar-refractivity contribution in [3.8, 4) is 11.1 Å². The maximum atomic E-state index is 11.9. The van der Waals surface area contributed by atoms with E-state index in [1.165, 1.54) is 0 Å². The smallest absolute Gasteiger partial charge is 0.307 e. The molecule has 0 amide bonds. The maximum Gasteiger partial charge on any atom is 0.326 e. The highest BCUT2D eigenvalue weighted by atomic mass is 16.2. The Labute approximate surface area is 102 Å². The van der Waals surface area contributed by atoms with Crippen molar-refractivity contribution in [2.24, 2.45) is 0 Å². The van der Waals surface area contributed by atoms with Crippen molar-refractivity contribution in [2.45, 2.75) is 0 Å². The monoisotopic (exact) mass is 238 g/mol. The van der Waals surface area contributed by atoms with Crippen molar-refractivity contribution in [2.75, 3.05) is 0 Å². The Bertz CT molecular complexity index is 816. The van der Waals surface area contributed by atoms with Crippen molar-refractivity contribution in [1.29, 1.82) is 0 Å². The Morgan fingerprint density at radius 1 is 0.778 bits per heavy atom. The number of nitrogens with one attached hydrogen (secondary N) is 2. The molecule has 0 radical (unpaired) electrons. The fourth-order valence-corrected chi connectivity index (χ4v) is 2.08. The lowest BCUT2D eigenvalue weighted by atomic mass is 10.0. The van der Waals surface area contributed by atoms with E-state index in [2.05, 4.69) is 9.97 Å². The molecule has 4 heteroatoms. The zero-order valence-electron chi connectivity index (χ0n) is 9.44. The molecule has 0 aliphatic heterocycles. The van der Waals surface area contributed by atoms with Crippen molar-refractivity contribution in [3.05, 3.63) is 69.4 Å². The van der Waals surface area contributed by atoms with Crippen molar-refractivity contribution < 1.29 is 0 Å². The number of fused-ring (bicyclic) bond motifs is 1. The summed E-state index contributed by atoms with van der Waals surface area (Å²) in [5, 5.41) is 0.503. The second kappa shape index (κ2) is 4.00. The van der Waals surface area contributed by atoms with Gasteiger partial charge in [-0.3, -0.25) is 9.78 Å². The zero-order chi connectivity index (χ0) is 12.5. The normalized spacial score (nSPS) is 10.7. The first-order chi connectivity index (χ1) is 8.75. The van der Waals surface area contributed by atoms with Gasteiger partial charge in [0.1, 0.15) is 0 Å². The molecule has 0 fully saturated rings. The molecular weight excluding hydrogens is 228 g/mol. The average Bonchev–Trinajstić information content (AvgIpc) is 2.38. The molecule has 0 bridgehead atoms. The molecule has 88 valence electrons. The van der Waals surface area contributed by atoms with Crippen LogP contribution in [-0.4, -0.2) is 9.97 Å². The van der Waals surface area contributed by atoms with Crippen LogP contribution in [0.5, 0.6) is 0 Å². The summed E-state index contributed by atoms with van der Waals surface area (Å²) in [5.41, 5.74) is 1.45. The van der Waals surface area contributed by atoms with Crippen molar-refractivity contribution >= 4 is 10.9 Å². The SMILES string of the molecule is O=c1[nH]c(=O)c2c(-c3ccccc3)cccc2[nH]1. The quantitative estimate of drug-likeness (QED) is 0.679. The molecule has 0 aliphatic carbocycles. The Morgan fingerprint density at radius 2 is 1.56 bits per heavy atom. The second-order valence-corrected chi connectivity index (χ2v) is 4.00. The molecule has 0 spiro atoms. The molecule has 0 atom stereocenters. The summed E-state index contributed by atoms with van der Waals surface area (Å²) in [4.78, 5) is 28.0. The van der Waals surface area contributed by atoms with Crippen LogP contribution in [0.3, 0.4) is 0 Å². The highest BCUT2D eigenvalue weighted by Gasteiger charge is 2.07. The van der Waals surface area contributed by atoms with Crippen LogP contribution in [0.1, 0.15) is 0 Å². The fourth-order valence-electron chi connectivity index (χ4n) is 2.08. The van der Waals surface area contributed by atoms with Gasteiger partial charge in [-0.05, 0) is 17.2 Å². The summed E-state index contributed by atoms with van der Waals surface area (Å²) >= 11 is 0. The van der Waals surface area contributed by atoms with E-state index in [4.69, 9.17) is 0 Å². The molecule has 2 N–H and O–H groups in total. The van der Waals surface area contributed by atoms with Gasteiger partial charge < -0.3 is 4.98 Å². The third kappa shape index (κ3) is 1.64. The number of aromatic nitrogens is 2. The van der Waals surface area contributed by atoms with E-state index in [0.717, 1.165) is 11.1 Å². The van der Waals surface area contributed by atoms with Crippen LogP contribution in [-0.2, 0) is 0 Å². The van der Waals surface area contributed by atoms with E-state index < -0.39 is 5.69 Å². The molecule has 18 heavy (non-hydrogen) atoms. The minimum Gasteiger partial charge on any atom is -0.307 e. The number of rotatable bonds is 1. The van der Waals surface area contributed by atoms with Crippen LogP contribution in [0.2, 0.25) is 0 Å². The lowest BCUT2D eigenvalue weighted by Crippen LogP contribution is -2.22. The fraction of sp³-hybridized carbons (Fsp3) is 0. The first-order valence-electron chi connectivity index (χ1n) is 5.56. The van der Waals surface area contributed by atoms with Gasteiger partial charge >= 0.3 is 5.69 Å². The Morgan fingerprint density at radius 3 is 2.33 bits per heavy atom. The molecule has 2 aromatic carbocycles. The van der Waals surface area contributed by atoms with Gasteiger partial charge in [-0.25, -0.2) is 4.79 Å². The highest BCUT2D eigenvalue weighted by molar-refractivity contribution is 5.93. The van der Waals surface area contributed by atoms with Crippen LogP contribution in [0.25, 0.3) is 22.0 Å². The molecule has 4 nitrogen and oxygen atoms in total. The molecule has 0 unspecified atom stereocenters. The van der Waals surface area contributed by atoms with Gasteiger partial charge in [-0.15, -0.1) is 0 Å². The van der Waals surface area contributed by atoms with Gasteiger partial charge in [0.2, 0.25) is 0 Å². The van der Waals surface area contributed by atoms with E-state index >= 15 is 0 Å². The Balaban J connectivity index is 2.45. The van der Waals surface area contributed by atoms with Gasteiger partial charge in [0.05, 0.1) is 10.9 Å². The lowest BCUT2D eigenvalue weighted by molar-refractivity contribution is 1.08. The van der Waals surface area contributed by atoms with E-state index in [1.807, 2.05) is 42.5 Å². The standard InChI is InChI=1S/C14H10N2O2/c17-13-12-10(9-5-2-1-3-6-9)7-4-8-11(12)15-14(18)16-13/h1-8H,(H2,15,16,17,18). The minimum absolute atomic E-state index is 0.367. The number of H-pyrrole nitrogens is 2. The molecular formula is C14H10N2O2. The first-order valence-corrected chi connectivity index (χ1v) is 5.56. The van der Waals surface area contributed by atoms with E-state index in [-0.39, 0.29) is 5.56 Å². The van der Waals surface area contributed by atoms with Crippen LogP contribution in [0.15, 0.2) is 58.1 Å². The third-order valence-corrected chi connectivity index (χ3v) is 2.85. The van der Waals surface area contributed by atoms with Crippen LogP contribution >= 0.6 is 0 Å². The summed E-state index contributed by atoms with van der Waals surface area (Å²) in [7, 11) is 0. The zero-order valence-corrected chi connectivity index (χ0v) is 9.44. The maximum absolute atomic E-state index is 11.9. The number of hydrogen-bond donors (Lipinski definition) is 2. The Kier molecular flexibility index (Phi) is 2.34. The highest BCUT2D eigenvalue weighted by Crippen LogP contribution is 2.24. The molecule has 3 aromatic rings. The summed E-state index contributed by atoms with van der Waals surface area (Å²) in [6, 6.07) is 15.0. The summed E-state index contributed by atoms with van der Waals surface area (Å²) in [5.74, 6) is 0.